The Bertz CT molecular complexity index is 707. The lowest BCUT2D eigenvalue weighted by molar-refractivity contribution is 0.199. The van der Waals surface area contributed by atoms with Gasteiger partial charge in [-0.25, -0.2) is 4.79 Å². The fraction of sp³-hybridized carbons (Fsp3) is 0.571. The van der Waals surface area contributed by atoms with Crippen LogP contribution in [0.5, 0.6) is 0 Å². The van der Waals surface area contributed by atoms with Gasteiger partial charge >= 0.3 is 6.03 Å². The highest BCUT2D eigenvalue weighted by molar-refractivity contribution is 5.74. The second kappa shape index (κ2) is 5.87. The molecule has 3 atom stereocenters. The van der Waals surface area contributed by atoms with Crippen molar-refractivity contribution in [2.24, 2.45) is 5.92 Å². The molecule has 0 aromatic heterocycles. The number of hydrogen-bond acceptors (Lipinski definition) is 2. The maximum atomic E-state index is 12.6. The topological polar surface area (TPSA) is 35.6 Å². The highest BCUT2D eigenvalue weighted by atomic mass is 16.2. The van der Waals surface area contributed by atoms with E-state index < -0.39 is 0 Å². The number of likely N-dealkylation sites (tertiary alicyclic amines) is 1. The van der Waals surface area contributed by atoms with Gasteiger partial charge in [0.2, 0.25) is 0 Å². The molecule has 0 bridgehead atoms. The Morgan fingerprint density at radius 1 is 1.24 bits per heavy atom. The summed E-state index contributed by atoms with van der Waals surface area (Å²) >= 11 is 0. The molecule has 2 amide bonds. The van der Waals surface area contributed by atoms with Crippen LogP contribution in [0.1, 0.15) is 30.4 Å². The van der Waals surface area contributed by atoms with Gasteiger partial charge < -0.3 is 10.2 Å². The number of urea groups is 1. The third kappa shape index (κ3) is 2.58. The molecule has 1 saturated carbocycles. The van der Waals surface area contributed by atoms with Crippen LogP contribution < -0.4 is 5.32 Å². The third-order valence-corrected chi connectivity index (χ3v) is 6.94. The van der Waals surface area contributed by atoms with Crippen molar-refractivity contribution in [1.29, 1.82) is 0 Å². The molecular weight excluding hydrogens is 310 g/mol. The zero-order valence-corrected chi connectivity index (χ0v) is 14.8. The summed E-state index contributed by atoms with van der Waals surface area (Å²) in [4.78, 5) is 17.1. The maximum absolute atomic E-state index is 12.6. The molecule has 4 heteroatoms. The van der Waals surface area contributed by atoms with Gasteiger partial charge in [-0.2, -0.15) is 0 Å². The van der Waals surface area contributed by atoms with Crippen LogP contribution in [0.2, 0.25) is 0 Å². The molecule has 1 aromatic carbocycles. The summed E-state index contributed by atoms with van der Waals surface area (Å²) in [6.07, 6.45) is 9.28. The summed E-state index contributed by atoms with van der Waals surface area (Å²) in [5.74, 6) is 0.626. The Labute approximate surface area is 149 Å². The molecule has 2 fully saturated rings. The summed E-state index contributed by atoms with van der Waals surface area (Å²) in [6, 6.07) is 9.57. The van der Waals surface area contributed by atoms with Crippen LogP contribution >= 0.6 is 0 Å². The molecular formula is C21H27N3O. The van der Waals surface area contributed by atoms with Crippen LogP contribution in [0.3, 0.4) is 0 Å². The van der Waals surface area contributed by atoms with Crippen LogP contribution in [0.15, 0.2) is 36.4 Å². The van der Waals surface area contributed by atoms with Gasteiger partial charge in [0.25, 0.3) is 0 Å². The molecule has 1 aromatic rings. The highest BCUT2D eigenvalue weighted by Crippen LogP contribution is 2.61. The molecule has 1 N–H and O–H groups in total. The van der Waals surface area contributed by atoms with Gasteiger partial charge in [0.05, 0.1) is 0 Å². The zero-order chi connectivity index (χ0) is 16.9. The Morgan fingerprint density at radius 2 is 2.08 bits per heavy atom. The van der Waals surface area contributed by atoms with Crippen molar-refractivity contribution in [2.75, 3.05) is 32.7 Å². The number of nitrogens with one attached hydrogen (secondary N) is 1. The molecule has 0 radical (unpaired) electrons. The van der Waals surface area contributed by atoms with Crippen molar-refractivity contribution in [3.63, 3.8) is 0 Å². The van der Waals surface area contributed by atoms with Crippen molar-refractivity contribution < 1.29 is 4.79 Å². The Morgan fingerprint density at radius 3 is 2.96 bits per heavy atom. The zero-order valence-electron chi connectivity index (χ0n) is 14.8. The quantitative estimate of drug-likeness (QED) is 0.861. The van der Waals surface area contributed by atoms with E-state index in [4.69, 9.17) is 0 Å². The minimum absolute atomic E-state index is 0.142. The predicted octanol–water partition coefficient (Wildman–Crippen LogP) is 2.55. The summed E-state index contributed by atoms with van der Waals surface area (Å²) in [7, 11) is 0. The van der Waals surface area contributed by atoms with Gasteiger partial charge in [0.1, 0.15) is 0 Å². The Balaban J connectivity index is 1.14. The molecule has 1 spiro atoms. The number of hydrogen-bond donors (Lipinski definition) is 1. The van der Waals surface area contributed by atoms with Crippen molar-refractivity contribution in [3.05, 3.63) is 47.5 Å². The first kappa shape index (κ1) is 15.4. The summed E-state index contributed by atoms with van der Waals surface area (Å²) in [5, 5.41) is 3.23. The molecule has 3 unspecified atom stereocenters. The van der Waals surface area contributed by atoms with Crippen LogP contribution in [0, 0.1) is 5.92 Å². The van der Waals surface area contributed by atoms with Gasteiger partial charge in [0.15, 0.2) is 0 Å². The van der Waals surface area contributed by atoms with Gasteiger partial charge in [0, 0.05) is 44.2 Å². The van der Waals surface area contributed by atoms with Crippen molar-refractivity contribution in [1.82, 2.24) is 15.1 Å². The van der Waals surface area contributed by atoms with E-state index >= 15 is 0 Å². The number of fused-ring (bicyclic) bond motifs is 2. The fourth-order valence-electron chi connectivity index (χ4n) is 5.34. The lowest BCUT2D eigenvalue weighted by Crippen LogP contribution is -2.42. The second-order valence-electron chi connectivity index (χ2n) is 8.21. The number of benzene rings is 1. The van der Waals surface area contributed by atoms with E-state index in [9.17, 15) is 4.79 Å². The monoisotopic (exact) mass is 337 g/mol. The van der Waals surface area contributed by atoms with Crippen molar-refractivity contribution >= 4 is 6.03 Å². The van der Waals surface area contributed by atoms with E-state index in [1.165, 1.54) is 24.8 Å². The molecule has 25 heavy (non-hydrogen) atoms. The van der Waals surface area contributed by atoms with E-state index in [0.717, 1.165) is 39.1 Å². The Hall–Kier alpha value is -1.81. The minimum atomic E-state index is 0.142. The highest BCUT2D eigenvalue weighted by Gasteiger charge is 2.57. The third-order valence-electron chi connectivity index (χ3n) is 6.94. The number of aryl methyl sites for hydroxylation is 1. The minimum Gasteiger partial charge on any atom is -0.338 e. The van der Waals surface area contributed by atoms with Crippen LogP contribution in [-0.2, 0) is 11.8 Å². The maximum Gasteiger partial charge on any atom is 0.317 e. The SMILES string of the molecule is O=C(NCC1CC12CCc1ccccc12)N1CCC(N2CC=CC2)C1. The van der Waals surface area contributed by atoms with Crippen molar-refractivity contribution in [3.8, 4) is 0 Å². The summed E-state index contributed by atoms with van der Waals surface area (Å²) < 4.78 is 0. The lowest BCUT2D eigenvalue weighted by atomic mass is 9.95. The summed E-state index contributed by atoms with van der Waals surface area (Å²) in [6.45, 7) is 4.70. The molecule has 4 nitrogen and oxygen atoms in total. The fourth-order valence-corrected chi connectivity index (χ4v) is 5.34. The molecule has 2 heterocycles. The van der Waals surface area contributed by atoms with Gasteiger partial charge in [-0.3, -0.25) is 4.90 Å². The van der Waals surface area contributed by atoms with Crippen LogP contribution in [0.4, 0.5) is 4.79 Å². The first-order chi connectivity index (χ1) is 12.3. The van der Waals surface area contributed by atoms with E-state index in [2.05, 4.69) is 46.6 Å². The predicted molar refractivity (Wildman–Crippen MR) is 98.6 cm³/mol. The lowest BCUT2D eigenvalue weighted by Gasteiger charge is -2.24. The summed E-state index contributed by atoms with van der Waals surface area (Å²) in [5.41, 5.74) is 3.45. The number of rotatable bonds is 3. The van der Waals surface area contributed by atoms with Gasteiger partial charge in [-0.05, 0) is 42.7 Å². The van der Waals surface area contributed by atoms with Gasteiger partial charge in [-0.1, -0.05) is 36.4 Å². The molecule has 5 rings (SSSR count). The molecule has 4 aliphatic rings. The standard InChI is InChI=1S/C21H27N3O/c25-20(24-12-8-18(15-24)23-10-3-4-11-23)22-14-17-13-21(17)9-7-16-5-1-2-6-19(16)21/h1-6,17-18H,7-15H2,(H,22,25). The van der Waals surface area contributed by atoms with E-state index in [1.807, 2.05) is 4.90 Å². The molecule has 1 saturated heterocycles. The van der Waals surface area contributed by atoms with Crippen LogP contribution in [0.25, 0.3) is 0 Å². The van der Waals surface area contributed by atoms with Gasteiger partial charge in [-0.15, -0.1) is 0 Å². The average molecular weight is 337 g/mol. The number of carbonyl (C=O) groups excluding carboxylic acids is 1. The van der Waals surface area contributed by atoms with Crippen LogP contribution in [-0.4, -0.2) is 54.6 Å². The molecule has 2 aliphatic carbocycles. The first-order valence-corrected chi connectivity index (χ1v) is 9.76. The first-order valence-electron chi connectivity index (χ1n) is 9.76. The average Bonchev–Trinajstić information content (AvgIpc) is 3.08. The number of nitrogens with zero attached hydrogens (tertiary/aromatic N) is 2. The smallest absolute Gasteiger partial charge is 0.317 e. The molecule has 2 aliphatic heterocycles. The van der Waals surface area contributed by atoms with E-state index in [0.29, 0.717) is 17.4 Å². The Kier molecular flexibility index (Phi) is 3.63. The van der Waals surface area contributed by atoms with Crippen molar-refractivity contribution in [2.45, 2.75) is 37.1 Å². The normalized spacial score (nSPS) is 33.2. The second-order valence-corrected chi connectivity index (χ2v) is 8.21. The van der Waals surface area contributed by atoms with E-state index in [1.54, 1.807) is 5.56 Å². The molecule has 132 valence electrons. The van der Waals surface area contributed by atoms with E-state index in [-0.39, 0.29) is 6.03 Å². The number of carbonyl (C=O) groups is 1. The largest absolute Gasteiger partial charge is 0.338 e. The number of amides is 2.